The van der Waals surface area contributed by atoms with Crippen molar-refractivity contribution in [2.75, 3.05) is 19.8 Å². The number of hydrogen-bond acceptors (Lipinski definition) is 5. The molecule has 2 heterocycles. The number of ether oxygens (including phenoxy) is 2. The maximum absolute atomic E-state index is 12.6. The lowest BCUT2D eigenvalue weighted by Crippen LogP contribution is -2.34. The summed E-state index contributed by atoms with van der Waals surface area (Å²) in [6.45, 7) is 7.37. The average Bonchev–Trinajstić information content (AvgIpc) is 3.05. The van der Waals surface area contributed by atoms with Crippen LogP contribution in [0, 0.1) is 0 Å². The molecule has 0 saturated carbocycles. The highest BCUT2D eigenvalue weighted by Crippen LogP contribution is 2.26. The van der Waals surface area contributed by atoms with Gasteiger partial charge in [-0.05, 0) is 57.2 Å². The van der Waals surface area contributed by atoms with Crippen LogP contribution in [-0.2, 0) is 28.9 Å². The second kappa shape index (κ2) is 8.87. The number of carbonyl (C=O) groups is 2. The summed E-state index contributed by atoms with van der Waals surface area (Å²) in [6, 6.07) is 3.90. The van der Waals surface area contributed by atoms with Gasteiger partial charge in [0.05, 0.1) is 12.1 Å². The summed E-state index contributed by atoms with van der Waals surface area (Å²) < 4.78 is 12.6. The predicted octanol–water partition coefficient (Wildman–Crippen LogP) is 2.73. The molecule has 1 aliphatic heterocycles. The fraction of sp³-hybridized carbons (Fsp3) is 0.500. The normalized spacial score (nSPS) is 12.9. The molecule has 1 aliphatic rings. The van der Waals surface area contributed by atoms with Crippen molar-refractivity contribution in [3.05, 3.63) is 45.2 Å². The molecule has 162 valence electrons. The number of benzene rings is 1. The standard InChI is InChI=1S/C22H28N2O6/c1-22(2,3)30-21(28)23-7-10-29-9-4-5-14-11-15-6-8-24-13-17(20(26)27)19(25)16(12-14)18(15)24/h11-13H,4-10H2,1-3H3,(H,23,28)(H,26,27). The Morgan fingerprint density at radius 2 is 2.00 bits per heavy atom. The van der Waals surface area contributed by atoms with Gasteiger partial charge in [0.15, 0.2) is 0 Å². The van der Waals surface area contributed by atoms with Crippen LogP contribution < -0.4 is 10.7 Å². The van der Waals surface area contributed by atoms with Crippen molar-refractivity contribution >= 4 is 23.0 Å². The highest BCUT2D eigenvalue weighted by molar-refractivity contribution is 5.94. The van der Waals surface area contributed by atoms with Crippen LogP contribution in [0.1, 0.15) is 48.7 Å². The second-order valence-electron chi connectivity index (χ2n) is 8.42. The molecule has 0 fully saturated rings. The Morgan fingerprint density at radius 3 is 2.70 bits per heavy atom. The Morgan fingerprint density at radius 1 is 1.23 bits per heavy atom. The summed E-state index contributed by atoms with van der Waals surface area (Å²) in [5, 5.41) is 12.4. The number of aromatic nitrogens is 1. The van der Waals surface area contributed by atoms with Crippen LogP contribution in [0.25, 0.3) is 10.9 Å². The van der Waals surface area contributed by atoms with Gasteiger partial charge in [0.1, 0.15) is 11.2 Å². The summed E-state index contributed by atoms with van der Waals surface area (Å²) in [4.78, 5) is 35.5. The van der Waals surface area contributed by atoms with E-state index in [0.717, 1.165) is 35.9 Å². The summed E-state index contributed by atoms with van der Waals surface area (Å²) in [5.41, 5.74) is 1.79. The third-order valence-corrected chi connectivity index (χ3v) is 4.83. The van der Waals surface area contributed by atoms with E-state index in [9.17, 15) is 19.5 Å². The minimum absolute atomic E-state index is 0.187. The fourth-order valence-electron chi connectivity index (χ4n) is 3.62. The van der Waals surface area contributed by atoms with Gasteiger partial charge < -0.3 is 24.5 Å². The number of amides is 1. The molecule has 0 saturated heterocycles. The number of aromatic carboxylic acids is 1. The molecule has 0 atom stereocenters. The number of nitrogens with one attached hydrogen (secondary N) is 1. The SMILES string of the molecule is CC(C)(C)OC(=O)NCCOCCCc1cc2c3c(c1)c(=O)c(C(=O)O)cn3CC2. The van der Waals surface area contributed by atoms with Crippen LogP contribution >= 0.6 is 0 Å². The molecule has 0 spiro atoms. The maximum Gasteiger partial charge on any atom is 0.407 e. The van der Waals surface area contributed by atoms with Crippen molar-refractivity contribution in [1.82, 2.24) is 9.88 Å². The molecule has 0 radical (unpaired) electrons. The first-order valence-electron chi connectivity index (χ1n) is 10.1. The van der Waals surface area contributed by atoms with Gasteiger partial charge in [0.2, 0.25) is 5.43 Å². The Kier molecular flexibility index (Phi) is 6.45. The average molecular weight is 416 g/mol. The third kappa shape index (κ3) is 5.18. The zero-order valence-corrected chi connectivity index (χ0v) is 17.6. The van der Waals surface area contributed by atoms with Gasteiger partial charge in [0, 0.05) is 31.3 Å². The fourth-order valence-corrected chi connectivity index (χ4v) is 3.62. The lowest BCUT2D eigenvalue weighted by Gasteiger charge is -2.19. The summed E-state index contributed by atoms with van der Waals surface area (Å²) in [7, 11) is 0. The number of pyridine rings is 1. The smallest absolute Gasteiger partial charge is 0.407 e. The molecule has 1 aromatic heterocycles. The number of hydrogen-bond donors (Lipinski definition) is 2. The lowest BCUT2D eigenvalue weighted by molar-refractivity contribution is 0.0498. The van der Waals surface area contributed by atoms with Crippen LogP contribution in [0.15, 0.2) is 23.1 Å². The van der Waals surface area contributed by atoms with E-state index in [4.69, 9.17) is 9.47 Å². The van der Waals surface area contributed by atoms with E-state index in [-0.39, 0.29) is 5.56 Å². The Bertz CT molecular complexity index is 1020. The van der Waals surface area contributed by atoms with Gasteiger partial charge in [-0.25, -0.2) is 9.59 Å². The molecule has 3 rings (SSSR count). The van der Waals surface area contributed by atoms with Gasteiger partial charge >= 0.3 is 12.1 Å². The number of rotatable bonds is 8. The van der Waals surface area contributed by atoms with Crippen molar-refractivity contribution < 1.29 is 24.2 Å². The topological polar surface area (TPSA) is 107 Å². The first-order chi connectivity index (χ1) is 14.2. The zero-order valence-electron chi connectivity index (χ0n) is 17.6. The predicted molar refractivity (Wildman–Crippen MR) is 112 cm³/mol. The van der Waals surface area contributed by atoms with E-state index in [2.05, 4.69) is 11.4 Å². The van der Waals surface area contributed by atoms with Crippen LogP contribution in [0.5, 0.6) is 0 Å². The van der Waals surface area contributed by atoms with Crippen molar-refractivity contribution in [2.45, 2.75) is 52.2 Å². The molecule has 8 nitrogen and oxygen atoms in total. The van der Waals surface area contributed by atoms with Gasteiger partial charge in [-0.3, -0.25) is 4.79 Å². The Balaban J connectivity index is 1.52. The second-order valence-corrected chi connectivity index (χ2v) is 8.42. The number of carbonyl (C=O) groups excluding carboxylic acids is 1. The van der Waals surface area contributed by atoms with E-state index >= 15 is 0 Å². The molecule has 1 aromatic carbocycles. The first-order valence-corrected chi connectivity index (χ1v) is 10.1. The molecule has 30 heavy (non-hydrogen) atoms. The molecule has 2 aromatic rings. The number of aryl methyl sites for hydroxylation is 3. The van der Waals surface area contributed by atoms with Gasteiger partial charge in [-0.2, -0.15) is 0 Å². The summed E-state index contributed by atoms with van der Waals surface area (Å²) in [5.74, 6) is -1.20. The molecule has 0 unspecified atom stereocenters. The van der Waals surface area contributed by atoms with E-state index < -0.39 is 23.1 Å². The van der Waals surface area contributed by atoms with E-state index in [1.807, 2.05) is 4.57 Å². The lowest BCUT2D eigenvalue weighted by atomic mass is 10.0. The number of nitrogens with zero attached hydrogens (tertiary/aromatic N) is 1. The zero-order chi connectivity index (χ0) is 21.9. The van der Waals surface area contributed by atoms with Crippen molar-refractivity contribution in [3.63, 3.8) is 0 Å². The molecule has 2 N–H and O–H groups in total. The highest BCUT2D eigenvalue weighted by atomic mass is 16.6. The molecule has 1 amide bonds. The van der Waals surface area contributed by atoms with E-state index in [1.165, 1.54) is 6.20 Å². The highest BCUT2D eigenvalue weighted by Gasteiger charge is 2.21. The summed E-state index contributed by atoms with van der Waals surface area (Å²) >= 11 is 0. The van der Waals surface area contributed by atoms with Gasteiger partial charge in [-0.15, -0.1) is 0 Å². The molecule has 0 aliphatic carbocycles. The van der Waals surface area contributed by atoms with Gasteiger partial charge in [-0.1, -0.05) is 6.07 Å². The molecular weight excluding hydrogens is 388 g/mol. The van der Waals surface area contributed by atoms with Crippen molar-refractivity contribution in [2.24, 2.45) is 0 Å². The minimum Gasteiger partial charge on any atom is -0.477 e. The largest absolute Gasteiger partial charge is 0.477 e. The Labute approximate surface area is 174 Å². The van der Waals surface area contributed by atoms with E-state index in [1.54, 1.807) is 26.8 Å². The van der Waals surface area contributed by atoms with Crippen LogP contribution in [-0.4, -0.2) is 47.1 Å². The summed E-state index contributed by atoms with van der Waals surface area (Å²) in [6.07, 6.45) is 3.25. The van der Waals surface area contributed by atoms with Crippen LogP contribution in [0.2, 0.25) is 0 Å². The minimum atomic E-state index is -1.20. The first kappa shape index (κ1) is 21.8. The molecule has 8 heteroatoms. The quantitative estimate of drug-likeness (QED) is 0.641. The third-order valence-electron chi connectivity index (χ3n) is 4.83. The molecule has 0 bridgehead atoms. The molecular formula is C22H28N2O6. The maximum atomic E-state index is 12.6. The van der Waals surface area contributed by atoms with Crippen LogP contribution in [0.3, 0.4) is 0 Å². The van der Waals surface area contributed by atoms with Crippen molar-refractivity contribution in [1.29, 1.82) is 0 Å². The van der Waals surface area contributed by atoms with Crippen LogP contribution in [0.4, 0.5) is 4.79 Å². The monoisotopic (exact) mass is 416 g/mol. The van der Waals surface area contributed by atoms with E-state index in [0.29, 0.717) is 31.7 Å². The Hall–Kier alpha value is -2.87. The van der Waals surface area contributed by atoms with Gasteiger partial charge in [0.25, 0.3) is 0 Å². The number of alkyl carbamates (subject to hydrolysis) is 1. The van der Waals surface area contributed by atoms with Crippen molar-refractivity contribution in [3.8, 4) is 0 Å². The number of carboxylic acid groups (broad SMARTS) is 1. The number of carboxylic acids is 1.